The van der Waals surface area contributed by atoms with Gasteiger partial charge >= 0.3 is 0 Å². The van der Waals surface area contributed by atoms with Crippen molar-refractivity contribution in [3.05, 3.63) is 63.5 Å². The van der Waals surface area contributed by atoms with E-state index in [1.165, 1.54) is 0 Å². The Kier molecular flexibility index (Phi) is 3.63. The molecule has 0 saturated carbocycles. The first kappa shape index (κ1) is 13.4. The molecule has 0 aliphatic rings. The molecule has 0 unspecified atom stereocenters. The molecule has 0 fully saturated rings. The van der Waals surface area contributed by atoms with Crippen molar-refractivity contribution in [2.24, 2.45) is 0 Å². The van der Waals surface area contributed by atoms with E-state index in [4.69, 9.17) is 5.73 Å². The van der Waals surface area contributed by atoms with Crippen LogP contribution in [0.5, 0.6) is 0 Å². The highest BCUT2D eigenvalue weighted by molar-refractivity contribution is 9.10. The van der Waals surface area contributed by atoms with Gasteiger partial charge in [-0.3, -0.25) is 0 Å². The zero-order valence-corrected chi connectivity index (χ0v) is 13.6. The maximum atomic E-state index is 6.07. The van der Waals surface area contributed by atoms with E-state index in [2.05, 4.69) is 37.0 Å². The van der Waals surface area contributed by atoms with Crippen LogP contribution < -0.4 is 5.73 Å². The fourth-order valence-electron chi connectivity index (χ4n) is 1.99. The Hall–Kier alpha value is -1.59. The molecule has 3 rings (SSSR count). The number of rotatable bonds is 2. The summed E-state index contributed by atoms with van der Waals surface area (Å²) in [5, 5.41) is 4.59. The molecular weight excluding hydrogens is 382 g/mol. The molecule has 3 aromatic rings. The van der Waals surface area contributed by atoms with Crippen LogP contribution in [0.3, 0.4) is 0 Å². The monoisotopic (exact) mass is 391 g/mol. The number of hydrogen-bond donors (Lipinski definition) is 1. The fourth-order valence-corrected chi connectivity index (χ4v) is 2.74. The Morgan fingerprint density at radius 2 is 1.65 bits per heavy atom. The molecule has 0 bridgehead atoms. The lowest BCUT2D eigenvalue weighted by Crippen LogP contribution is -2.01. The molecule has 0 spiro atoms. The molecule has 100 valence electrons. The number of nitrogens with zero attached hydrogens (tertiary/aromatic N) is 2. The average molecular weight is 393 g/mol. The first-order chi connectivity index (χ1) is 9.65. The lowest BCUT2D eigenvalue weighted by atomic mass is 10.1. The van der Waals surface area contributed by atoms with Crippen LogP contribution in [0.4, 0.5) is 5.82 Å². The van der Waals surface area contributed by atoms with E-state index in [9.17, 15) is 0 Å². The van der Waals surface area contributed by atoms with Gasteiger partial charge in [-0.1, -0.05) is 50.1 Å². The maximum Gasteiger partial charge on any atom is 0.127 e. The number of nitrogens with two attached hydrogens (primary N) is 1. The van der Waals surface area contributed by atoms with E-state index >= 15 is 0 Å². The van der Waals surface area contributed by atoms with Gasteiger partial charge in [-0.2, -0.15) is 5.10 Å². The van der Waals surface area contributed by atoms with Crippen molar-refractivity contribution >= 4 is 37.7 Å². The molecule has 0 aliphatic carbocycles. The first-order valence-electron chi connectivity index (χ1n) is 6.01. The molecule has 0 saturated heterocycles. The molecule has 0 aliphatic heterocycles. The van der Waals surface area contributed by atoms with E-state index in [1.807, 2.05) is 54.6 Å². The Labute approximate surface area is 133 Å². The molecule has 2 aromatic carbocycles. The third kappa shape index (κ3) is 2.51. The summed E-state index contributed by atoms with van der Waals surface area (Å²) in [6.45, 7) is 0. The molecule has 0 radical (unpaired) electrons. The normalized spacial score (nSPS) is 10.7. The number of hydrogen-bond acceptors (Lipinski definition) is 2. The van der Waals surface area contributed by atoms with Crippen LogP contribution in [-0.4, -0.2) is 9.78 Å². The molecule has 5 heteroatoms. The van der Waals surface area contributed by atoms with Gasteiger partial charge in [-0.05, 0) is 30.3 Å². The SMILES string of the molecule is Nc1cc(-c2ccccc2Br)nn1-c1ccc(Br)cc1. The fraction of sp³-hybridized carbons (Fsp3) is 0. The summed E-state index contributed by atoms with van der Waals surface area (Å²) in [5.74, 6) is 0.609. The molecule has 20 heavy (non-hydrogen) atoms. The Morgan fingerprint density at radius 1 is 0.950 bits per heavy atom. The van der Waals surface area contributed by atoms with Gasteiger partial charge in [0.15, 0.2) is 0 Å². The molecule has 2 N–H and O–H groups in total. The van der Waals surface area contributed by atoms with E-state index < -0.39 is 0 Å². The van der Waals surface area contributed by atoms with Crippen LogP contribution in [0, 0.1) is 0 Å². The predicted molar refractivity (Wildman–Crippen MR) is 88.8 cm³/mol. The summed E-state index contributed by atoms with van der Waals surface area (Å²) < 4.78 is 3.76. The summed E-state index contributed by atoms with van der Waals surface area (Å²) >= 11 is 6.96. The summed E-state index contributed by atoms with van der Waals surface area (Å²) in [6.07, 6.45) is 0. The highest BCUT2D eigenvalue weighted by Crippen LogP contribution is 2.29. The average Bonchev–Trinajstić information content (AvgIpc) is 2.82. The zero-order valence-electron chi connectivity index (χ0n) is 10.4. The molecule has 0 atom stereocenters. The van der Waals surface area contributed by atoms with Crippen molar-refractivity contribution in [3.8, 4) is 16.9 Å². The number of nitrogen functional groups attached to an aromatic ring is 1. The van der Waals surface area contributed by atoms with Crippen molar-refractivity contribution in [3.63, 3.8) is 0 Å². The van der Waals surface area contributed by atoms with E-state index in [-0.39, 0.29) is 0 Å². The van der Waals surface area contributed by atoms with Gasteiger partial charge in [0.2, 0.25) is 0 Å². The van der Waals surface area contributed by atoms with Crippen molar-refractivity contribution in [2.75, 3.05) is 5.73 Å². The van der Waals surface area contributed by atoms with Gasteiger partial charge in [0.05, 0.1) is 11.4 Å². The van der Waals surface area contributed by atoms with Crippen LogP contribution in [0.1, 0.15) is 0 Å². The van der Waals surface area contributed by atoms with Gasteiger partial charge in [0.1, 0.15) is 5.82 Å². The molecule has 0 amide bonds. The van der Waals surface area contributed by atoms with Gasteiger partial charge in [-0.25, -0.2) is 4.68 Å². The lowest BCUT2D eigenvalue weighted by molar-refractivity contribution is 0.894. The third-order valence-electron chi connectivity index (χ3n) is 2.96. The van der Waals surface area contributed by atoms with Crippen LogP contribution in [-0.2, 0) is 0 Å². The van der Waals surface area contributed by atoms with Crippen LogP contribution in [0.2, 0.25) is 0 Å². The topological polar surface area (TPSA) is 43.8 Å². The minimum Gasteiger partial charge on any atom is -0.384 e. The zero-order chi connectivity index (χ0) is 14.1. The van der Waals surface area contributed by atoms with E-state index in [1.54, 1.807) is 4.68 Å². The minimum atomic E-state index is 0.609. The third-order valence-corrected chi connectivity index (χ3v) is 4.18. The van der Waals surface area contributed by atoms with Gasteiger partial charge in [-0.15, -0.1) is 0 Å². The second-order valence-corrected chi connectivity index (χ2v) is 6.09. The van der Waals surface area contributed by atoms with Crippen molar-refractivity contribution in [1.29, 1.82) is 0 Å². The van der Waals surface area contributed by atoms with Crippen LogP contribution in [0.15, 0.2) is 63.5 Å². The Balaban J connectivity index is 2.08. The molecular formula is C15H11Br2N3. The standard InChI is InChI=1S/C15H11Br2N3/c16-10-5-7-11(8-6-10)20-15(18)9-14(19-20)12-3-1-2-4-13(12)17/h1-9H,18H2. The summed E-state index contributed by atoms with van der Waals surface area (Å²) in [7, 11) is 0. The van der Waals surface area contributed by atoms with Crippen LogP contribution >= 0.6 is 31.9 Å². The predicted octanol–water partition coefficient (Wildman–Crippen LogP) is 4.65. The number of anilines is 1. The van der Waals surface area contributed by atoms with Gasteiger partial charge < -0.3 is 5.73 Å². The summed E-state index contributed by atoms with van der Waals surface area (Å²) in [4.78, 5) is 0. The van der Waals surface area contributed by atoms with Gasteiger partial charge in [0, 0.05) is 20.6 Å². The highest BCUT2D eigenvalue weighted by Gasteiger charge is 2.10. The number of halogens is 2. The van der Waals surface area contributed by atoms with Gasteiger partial charge in [0.25, 0.3) is 0 Å². The minimum absolute atomic E-state index is 0.609. The second kappa shape index (κ2) is 5.42. The molecule has 1 heterocycles. The lowest BCUT2D eigenvalue weighted by Gasteiger charge is -2.04. The van der Waals surface area contributed by atoms with E-state index in [0.717, 1.165) is 25.9 Å². The molecule has 1 aromatic heterocycles. The Morgan fingerprint density at radius 3 is 2.35 bits per heavy atom. The smallest absolute Gasteiger partial charge is 0.127 e. The first-order valence-corrected chi connectivity index (χ1v) is 7.60. The Bertz CT molecular complexity index is 748. The van der Waals surface area contributed by atoms with Crippen molar-refractivity contribution < 1.29 is 0 Å². The maximum absolute atomic E-state index is 6.07. The summed E-state index contributed by atoms with van der Waals surface area (Å²) in [5.41, 5.74) is 8.88. The molecule has 3 nitrogen and oxygen atoms in total. The number of aromatic nitrogens is 2. The van der Waals surface area contributed by atoms with Crippen molar-refractivity contribution in [2.45, 2.75) is 0 Å². The quantitative estimate of drug-likeness (QED) is 0.689. The highest BCUT2D eigenvalue weighted by atomic mass is 79.9. The van der Waals surface area contributed by atoms with Crippen LogP contribution in [0.25, 0.3) is 16.9 Å². The largest absolute Gasteiger partial charge is 0.384 e. The van der Waals surface area contributed by atoms with E-state index in [0.29, 0.717) is 5.82 Å². The second-order valence-electron chi connectivity index (χ2n) is 4.32. The summed E-state index contributed by atoms with van der Waals surface area (Å²) in [6, 6.07) is 17.7. The number of benzene rings is 2. The van der Waals surface area contributed by atoms with Crippen molar-refractivity contribution in [1.82, 2.24) is 9.78 Å².